The van der Waals surface area contributed by atoms with E-state index in [1.54, 1.807) is 0 Å². The fourth-order valence-electron chi connectivity index (χ4n) is 1.23. The normalized spacial score (nSPS) is 25.9. The molecule has 1 aliphatic rings. The fraction of sp³-hybridized carbons (Fsp3) is 0.600. The summed E-state index contributed by atoms with van der Waals surface area (Å²) in [4.78, 5) is 0. The Morgan fingerprint density at radius 1 is 1.20 bits per heavy atom. The van der Waals surface area contributed by atoms with Gasteiger partial charge in [-0.1, -0.05) is 31.2 Å². The lowest BCUT2D eigenvalue weighted by Crippen LogP contribution is -1.89. The summed E-state index contributed by atoms with van der Waals surface area (Å²) in [5, 5.41) is 0. The molecule has 0 atom stereocenters. The van der Waals surface area contributed by atoms with Crippen LogP contribution in [0.15, 0.2) is 24.3 Å². The van der Waals surface area contributed by atoms with E-state index in [0.717, 1.165) is 0 Å². The number of hydrogen-bond acceptors (Lipinski definition) is 0. The molecule has 0 aromatic carbocycles. The molecule has 0 nitrogen and oxygen atoms in total. The molecule has 0 fully saturated rings. The standard InChI is InChI=1S/C10H16/c1-2-10-8-6-4-3-5-7-9-10/h6-10H,2-5H2,1H3. The zero-order valence-electron chi connectivity index (χ0n) is 6.72. The van der Waals surface area contributed by atoms with E-state index in [0.29, 0.717) is 5.92 Å². The van der Waals surface area contributed by atoms with Gasteiger partial charge in [0.15, 0.2) is 0 Å². The van der Waals surface area contributed by atoms with Crippen molar-refractivity contribution in [1.82, 2.24) is 0 Å². The van der Waals surface area contributed by atoms with Crippen LogP contribution in [0.4, 0.5) is 0 Å². The predicted octanol–water partition coefficient (Wildman–Crippen LogP) is 3.31. The lowest BCUT2D eigenvalue weighted by molar-refractivity contribution is 0.743. The van der Waals surface area contributed by atoms with Gasteiger partial charge in [-0.25, -0.2) is 0 Å². The number of hydrogen-bond donors (Lipinski definition) is 0. The van der Waals surface area contributed by atoms with Gasteiger partial charge in [0.05, 0.1) is 0 Å². The lowest BCUT2D eigenvalue weighted by Gasteiger charge is -2.05. The summed E-state index contributed by atoms with van der Waals surface area (Å²) in [6.07, 6.45) is 14.4. The maximum absolute atomic E-state index is 2.33. The second-order valence-corrected chi connectivity index (χ2v) is 2.86. The highest BCUT2D eigenvalue weighted by Gasteiger charge is 1.96. The van der Waals surface area contributed by atoms with Gasteiger partial charge in [-0.15, -0.1) is 0 Å². The zero-order valence-corrected chi connectivity index (χ0v) is 6.72. The van der Waals surface area contributed by atoms with E-state index in [1.807, 2.05) is 0 Å². The van der Waals surface area contributed by atoms with Crippen LogP contribution in [0.1, 0.15) is 32.6 Å². The van der Waals surface area contributed by atoms with Gasteiger partial charge >= 0.3 is 0 Å². The van der Waals surface area contributed by atoms with Gasteiger partial charge in [0.25, 0.3) is 0 Å². The first-order chi connectivity index (χ1) is 4.93. The Kier molecular flexibility index (Phi) is 3.28. The molecule has 1 rings (SSSR count). The van der Waals surface area contributed by atoms with Crippen LogP contribution in [-0.4, -0.2) is 0 Å². The second-order valence-electron chi connectivity index (χ2n) is 2.86. The minimum absolute atomic E-state index is 0.709. The predicted molar refractivity (Wildman–Crippen MR) is 45.9 cm³/mol. The topological polar surface area (TPSA) is 0 Å². The van der Waals surface area contributed by atoms with Gasteiger partial charge in [-0.2, -0.15) is 0 Å². The average molecular weight is 136 g/mol. The van der Waals surface area contributed by atoms with Crippen molar-refractivity contribution in [2.24, 2.45) is 5.92 Å². The summed E-state index contributed by atoms with van der Waals surface area (Å²) >= 11 is 0. The van der Waals surface area contributed by atoms with E-state index < -0.39 is 0 Å². The molecule has 1 aliphatic carbocycles. The minimum Gasteiger partial charge on any atom is -0.0879 e. The molecule has 0 bridgehead atoms. The smallest absolute Gasteiger partial charge is 0.00561 e. The van der Waals surface area contributed by atoms with Crippen LogP contribution >= 0.6 is 0 Å². The Morgan fingerprint density at radius 3 is 2.30 bits per heavy atom. The molecular weight excluding hydrogens is 120 g/mol. The third kappa shape index (κ3) is 2.38. The molecule has 0 heteroatoms. The van der Waals surface area contributed by atoms with Crippen LogP contribution in [0.5, 0.6) is 0 Å². The minimum atomic E-state index is 0.709. The summed E-state index contributed by atoms with van der Waals surface area (Å²) in [5.41, 5.74) is 0. The number of rotatable bonds is 1. The van der Waals surface area contributed by atoms with Crippen LogP contribution in [-0.2, 0) is 0 Å². The highest BCUT2D eigenvalue weighted by atomic mass is 14.0. The molecule has 0 amide bonds. The van der Waals surface area contributed by atoms with E-state index in [4.69, 9.17) is 0 Å². The first kappa shape index (κ1) is 7.59. The molecule has 0 N–H and O–H groups in total. The largest absolute Gasteiger partial charge is 0.0879 e. The third-order valence-electron chi connectivity index (χ3n) is 1.98. The average Bonchev–Trinajstić information content (AvgIpc) is 1.87. The monoisotopic (exact) mass is 136 g/mol. The van der Waals surface area contributed by atoms with E-state index in [-0.39, 0.29) is 0 Å². The Labute approximate surface area is 63.6 Å². The van der Waals surface area contributed by atoms with Crippen molar-refractivity contribution in [3.63, 3.8) is 0 Å². The van der Waals surface area contributed by atoms with E-state index in [2.05, 4.69) is 31.2 Å². The molecule has 0 saturated heterocycles. The van der Waals surface area contributed by atoms with Crippen molar-refractivity contribution in [2.45, 2.75) is 32.6 Å². The molecule has 0 saturated carbocycles. The molecule has 0 aliphatic heterocycles. The SMILES string of the molecule is CCC1C=CCCCC=C1. The quantitative estimate of drug-likeness (QED) is 0.485. The molecule has 10 heavy (non-hydrogen) atoms. The summed E-state index contributed by atoms with van der Waals surface area (Å²) < 4.78 is 0. The van der Waals surface area contributed by atoms with Crippen molar-refractivity contribution < 1.29 is 0 Å². The second kappa shape index (κ2) is 4.32. The van der Waals surface area contributed by atoms with Crippen LogP contribution < -0.4 is 0 Å². The first-order valence-corrected chi connectivity index (χ1v) is 4.27. The molecule has 0 aromatic rings. The first-order valence-electron chi connectivity index (χ1n) is 4.27. The highest BCUT2D eigenvalue weighted by Crippen LogP contribution is 2.12. The fourth-order valence-corrected chi connectivity index (χ4v) is 1.23. The van der Waals surface area contributed by atoms with E-state index in [1.165, 1.54) is 25.7 Å². The van der Waals surface area contributed by atoms with Gasteiger partial charge in [-0.3, -0.25) is 0 Å². The molecule has 0 spiro atoms. The Morgan fingerprint density at radius 2 is 1.80 bits per heavy atom. The maximum atomic E-state index is 2.33. The summed E-state index contributed by atoms with van der Waals surface area (Å²) in [7, 11) is 0. The van der Waals surface area contributed by atoms with Gasteiger partial charge in [0, 0.05) is 0 Å². The number of allylic oxidation sites excluding steroid dienone is 4. The molecule has 0 aromatic heterocycles. The van der Waals surface area contributed by atoms with Crippen molar-refractivity contribution >= 4 is 0 Å². The summed E-state index contributed by atoms with van der Waals surface area (Å²) in [6, 6.07) is 0. The highest BCUT2D eigenvalue weighted by molar-refractivity contribution is 5.02. The van der Waals surface area contributed by atoms with Crippen molar-refractivity contribution in [1.29, 1.82) is 0 Å². The van der Waals surface area contributed by atoms with Crippen LogP contribution in [0.25, 0.3) is 0 Å². The van der Waals surface area contributed by atoms with Gasteiger partial charge in [0.1, 0.15) is 0 Å². The Balaban J connectivity index is 2.45. The molecule has 0 radical (unpaired) electrons. The van der Waals surface area contributed by atoms with Crippen LogP contribution in [0.2, 0.25) is 0 Å². The van der Waals surface area contributed by atoms with Crippen LogP contribution in [0.3, 0.4) is 0 Å². The Hall–Kier alpha value is -0.520. The molecular formula is C10H16. The third-order valence-corrected chi connectivity index (χ3v) is 1.98. The van der Waals surface area contributed by atoms with Crippen molar-refractivity contribution in [3.05, 3.63) is 24.3 Å². The van der Waals surface area contributed by atoms with E-state index in [9.17, 15) is 0 Å². The maximum Gasteiger partial charge on any atom is -0.00561 e. The molecule has 56 valence electrons. The zero-order chi connectivity index (χ0) is 7.23. The van der Waals surface area contributed by atoms with Crippen molar-refractivity contribution in [3.8, 4) is 0 Å². The molecule has 0 heterocycles. The lowest BCUT2D eigenvalue weighted by atomic mass is 10.0. The van der Waals surface area contributed by atoms with E-state index >= 15 is 0 Å². The van der Waals surface area contributed by atoms with Gasteiger partial charge < -0.3 is 0 Å². The Bertz CT molecular complexity index is 117. The molecule has 0 unspecified atom stereocenters. The van der Waals surface area contributed by atoms with Crippen molar-refractivity contribution in [2.75, 3.05) is 0 Å². The van der Waals surface area contributed by atoms with Gasteiger partial charge in [-0.05, 0) is 31.6 Å². The summed E-state index contributed by atoms with van der Waals surface area (Å²) in [6.45, 7) is 2.24. The summed E-state index contributed by atoms with van der Waals surface area (Å²) in [5.74, 6) is 0.709. The van der Waals surface area contributed by atoms with Crippen LogP contribution in [0, 0.1) is 5.92 Å². The van der Waals surface area contributed by atoms with Gasteiger partial charge in [0.2, 0.25) is 0 Å².